The van der Waals surface area contributed by atoms with E-state index in [1.165, 1.54) is 59.1 Å². The molecule has 0 atom stereocenters. The first-order chi connectivity index (χ1) is 27.8. The summed E-state index contributed by atoms with van der Waals surface area (Å²) in [4.78, 5) is 10.4. The second kappa shape index (κ2) is 13.1. The summed E-state index contributed by atoms with van der Waals surface area (Å²) in [5.74, 6) is 0.718. The largest absolute Gasteiger partial charge is 0.228 e. The smallest absolute Gasteiger partial charge is 0.160 e. The van der Waals surface area contributed by atoms with Crippen LogP contribution < -0.4 is 0 Å². The van der Waals surface area contributed by atoms with Gasteiger partial charge in [0.05, 0.1) is 16.8 Å². The van der Waals surface area contributed by atoms with E-state index < -0.39 is 5.41 Å². The number of nitrogens with zero attached hydrogens (tertiary/aromatic N) is 2. The molecule has 1 aliphatic carbocycles. The van der Waals surface area contributed by atoms with Crippen molar-refractivity contribution in [3.05, 3.63) is 229 Å². The van der Waals surface area contributed by atoms with Crippen LogP contribution in [-0.4, -0.2) is 9.97 Å². The third-order valence-corrected chi connectivity index (χ3v) is 12.5. The van der Waals surface area contributed by atoms with Crippen molar-refractivity contribution in [1.82, 2.24) is 9.97 Å². The summed E-state index contributed by atoms with van der Waals surface area (Å²) < 4.78 is 2.54. The minimum Gasteiger partial charge on any atom is -0.228 e. The first kappa shape index (κ1) is 32.5. The van der Waals surface area contributed by atoms with E-state index in [4.69, 9.17) is 9.97 Å². The minimum absolute atomic E-state index is 0.438. The van der Waals surface area contributed by atoms with E-state index in [2.05, 4.69) is 188 Å². The number of fused-ring (bicyclic) bond motifs is 6. The van der Waals surface area contributed by atoms with E-state index in [-0.39, 0.29) is 0 Å². The van der Waals surface area contributed by atoms with Gasteiger partial charge in [0.1, 0.15) is 0 Å². The number of aromatic nitrogens is 2. The zero-order valence-electron chi connectivity index (χ0n) is 30.4. The van der Waals surface area contributed by atoms with Crippen LogP contribution in [0.5, 0.6) is 0 Å². The van der Waals surface area contributed by atoms with Crippen LogP contribution in [0.15, 0.2) is 206 Å². The highest BCUT2D eigenvalue weighted by Gasteiger charge is 2.46. The normalized spacial score (nSPS) is 12.8. The SMILES string of the molecule is c1ccc(-c2nc(-c3ccc(-c4ccc5c(c4)C(c4ccccc4)(c4ccccc4)c4ccccc4-5)cc3)cc(-c3cccc4sc5ccccc5c34)n2)cc1. The van der Waals surface area contributed by atoms with Crippen LogP contribution in [0.25, 0.3) is 76.3 Å². The molecule has 0 spiro atoms. The Morgan fingerprint density at radius 2 is 0.929 bits per heavy atom. The third-order valence-electron chi connectivity index (χ3n) is 11.4. The van der Waals surface area contributed by atoms with E-state index in [1.807, 2.05) is 29.5 Å². The molecule has 3 heteroatoms. The molecule has 10 aromatic rings. The van der Waals surface area contributed by atoms with Gasteiger partial charge in [0, 0.05) is 36.9 Å². The van der Waals surface area contributed by atoms with Gasteiger partial charge in [-0.2, -0.15) is 0 Å². The van der Waals surface area contributed by atoms with Crippen LogP contribution in [0.1, 0.15) is 22.3 Å². The van der Waals surface area contributed by atoms with Crippen LogP contribution >= 0.6 is 11.3 Å². The summed E-state index contributed by atoms with van der Waals surface area (Å²) in [5.41, 5.74) is 14.6. The van der Waals surface area contributed by atoms with Gasteiger partial charge in [-0.15, -0.1) is 11.3 Å². The van der Waals surface area contributed by atoms with Gasteiger partial charge >= 0.3 is 0 Å². The van der Waals surface area contributed by atoms with Crippen molar-refractivity contribution in [1.29, 1.82) is 0 Å². The average molecular weight is 731 g/mol. The van der Waals surface area contributed by atoms with Gasteiger partial charge in [-0.05, 0) is 68.8 Å². The van der Waals surface area contributed by atoms with Crippen molar-refractivity contribution in [3.63, 3.8) is 0 Å². The third kappa shape index (κ3) is 5.09. The van der Waals surface area contributed by atoms with Gasteiger partial charge in [-0.3, -0.25) is 0 Å². The first-order valence-electron chi connectivity index (χ1n) is 19.1. The zero-order chi connectivity index (χ0) is 37.1. The number of rotatable bonds is 6. The molecule has 8 aromatic carbocycles. The quantitative estimate of drug-likeness (QED) is 0.170. The molecule has 11 rings (SSSR count). The first-order valence-corrected chi connectivity index (χ1v) is 19.9. The van der Waals surface area contributed by atoms with Gasteiger partial charge in [-0.25, -0.2) is 9.97 Å². The van der Waals surface area contributed by atoms with Gasteiger partial charge in [-0.1, -0.05) is 182 Å². The maximum Gasteiger partial charge on any atom is 0.160 e. The van der Waals surface area contributed by atoms with Crippen molar-refractivity contribution >= 4 is 31.5 Å². The molecule has 2 aromatic heterocycles. The molecule has 0 saturated carbocycles. The standard InChI is InChI=1S/C53H34N2S/c1-4-15-37(16-5-1)52-54-47(34-48(55-52)43-23-14-26-50-51(43)44-22-11-13-25-49(44)56-50)36-29-27-35(28-30-36)38-31-32-42-41-21-10-12-24-45(41)53(46(42)33-38,39-17-6-2-7-18-39)40-19-8-3-9-20-40/h1-34H. The van der Waals surface area contributed by atoms with Crippen LogP contribution in [0.4, 0.5) is 0 Å². The van der Waals surface area contributed by atoms with Gasteiger partial charge < -0.3 is 0 Å². The van der Waals surface area contributed by atoms with Gasteiger partial charge in [0.25, 0.3) is 0 Å². The molecule has 2 nitrogen and oxygen atoms in total. The predicted molar refractivity (Wildman–Crippen MR) is 234 cm³/mol. The Morgan fingerprint density at radius 1 is 0.357 bits per heavy atom. The van der Waals surface area contributed by atoms with Crippen molar-refractivity contribution in [3.8, 4) is 56.2 Å². The molecule has 56 heavy (non-hydrogen) atoms. The molecule has 2 heterocycles. The number of hydrogen-bond acceptors (Lipinski definition) is 3. The lowest BCUT2D eigenvalue weighted by Gasteiger charge is -2.34. The number of thiophene rings is 1. The topological polar surface area (TPSA) is 25.8 Å². The van der Waals surface area contributed by atoms with Crippen molar-refractivity contribution < 1.29 is 0 Å². The fourth-order valence-corrected chi connectivity index (χ4v) is 10.0. The molecule has 0 fully saturated rings. The second-order valence-electron chi connectivity index (χ2n) is 14.5. The number of hydrogen-bond donors (Lipinski definition) is 0. The molecule has 0 unspecified atom stereocenters. The summed E-state index contributed by atoms with van der Waals surface area (Å²) in [6, 6.07) is 74.5. The van der Waals surface area contributed by atoms with Crippen LogP contribution in [0.3, 0.4) is 0 Å². The molecule has 1 aliphatic rings. The van der Waals surface area contributed by atoms with Gasteiger partial charge in [0.2, 0.25) is 0 Å². The van der Waals surface area contributed by atoms with E-state index in [9.17, 15) is 0 Å². The highest BCUT2D eigenvalue weighted by molar-refractivity contribution is 7.25. The molecule has 0 amide bonds. The van der Waals surface area contributed by atoms with Crippen LogP contribution in [0.2, 0.25) is 0 Å². The van der Waals surface area contributed by atoms with Crippen molar-refractivity contribution in [2.24, 2.45) is 0 Å². The Morgan fingerprint density at radius 3 is 1.70 bits per heavy atom. The van der Waals surface area contributed by atoms with Crippen molar-refractivity contribution in [2.75, 3.05) is 0 Å². The summed E-state index contributed by atoms with van der Waals surface area (Å²) in [7, 11) is 0. The summed E-state index contributed by atoms with van der Waals surface area (Å²) in [6.07, 6.45) is 0. The molecule has 0 saturated heterocycles. The average Bonchev–Trinajstić information content (AvgIpc) is 3.81. The molecule has 0 aliphatic heterocycles. The molecule has 0 radical (unpaired) electrons. The Labute approximate surface area is 330 Å². The van der Waals surface area contributed by atoms with Gasteiger partial charge in [0.15, 0.2) is 5.82 Å². The van der Waals surface area contributed by atoms with E-state index >= 15 is 0 Å². The second-order valence-corrected chi connectivity index (χ2v) is 15.6. The Bertz CT molecular complexity index is 3020. The molecular formula is C53H34N2S. The highest BCUT2D eigenvalue weighted by Crippen LogP contribution is 2.56. The van der Waals surface area contributed by atoms with E-state index in [0.29, 0.717) is 0 Å². The van der Waals surface area contributed by atoms with E-state index in [1.54, 1.807) is 0 Å². The molecular weight excluding hydrogens is 697 g/mol. The lowest BCUT2D eigenvalue weighted by atomic mass is 9.67. The summed E-state index contributed by atoms with van der Waals surface area (Å²) in [5, 5.41) is 2.50. The highest BCUT2D eigenvalue weighted by atomic mass is 32.1. The summed E-state index contributed by atoms with van der Waals surface area (Å²) in [6.45, 7) is 0. The lowest BCUT2D eigenvalue weighted by molar-refractivity contribution is 0.769. The van der Waals surface area contributed by atoms with Crippen LogP contribution in [0, 0.1) is 0 Å². The summed E-state index contributed by atoms with van der Waals surface area (Å²) >= 11 is 1.83. The molecule has 0 bridgehead atoms. The number of benzene rings is 8. The Balaban J connectivity index is 1.05. The minimum atomic E-state index is -0.438. The molecule has 262 valence electrons. The Hall–Kier alpha value is -6.94. The molecule has 0 N–H and O–H groups in total. The lowest BCUT2D eigenvalue weighted by Crippen LogP contribution is -2.28. The van der Waals surface area contributed by atoms with Crippen LogP contribution in [-0.2, 0) is 5.41 Å². The maximum atomic E-state index is 5.21. The van der Waals surface area contributed by atoms with Crippen molar-refractivity contribution in [2.45, 2.75) is 5.41 Å². The zero-order valence-corrected chi connectivity index (χ0v) is 31.2. The monoisotopic (exact) mass is 730 g/mol. The Kier molecular flexibility index (Phi) is 7.61. The fourth-order valence-electron chi connectivity index (χ4n) is 8.89. The fraction of sp³-hybridized carbons (Fsp3) is 0.0189. The van der Waals surface area contributed by atoms with E-state index in [0.717, 1.165) is 39.5 Å². The predicted octanol–water partition coefficient (Wildman–Crippen LogP) is 13.9. The maximum absolute atomic E-state index is 5.21.